The molecule has 0 saturated carbocycles. The predicted molar refractivity (Wildman–Crippen MR) is 93.0 cm³/mol. The number of benzene rings is 2. The fraction of sp³-hybridized carbons (Fsp3) is 0.263. The van der Waals surface area contributed by atoms with Crippen molar-refractivity contribution in [3.8, 4) is 0 Å². The zero-order chi connectivity index (χ0) is 17.3. The number of nitrogen functional groups attached to an aromatic ring is 1. The first-order valence-electron chi connectivity index (χ1n) is 7.90. The second-order valence-corrected chi connectivity index (χ2v) is 6.09. The summed E-state index contributed by atoms with van der Waals surface area (Å²) < 4.78 is 5.17. The molecule has 1 aliphatic rings. The molecule has 2 N–H and O–H groups in total. The number of para-hydroxylation sites is 1. The van der Waals surface area contributed by atoms with Crippen molar-refractivity contribution in [3.05, 3.63) is 59.2 Å². The fourth-order valence-electron chi connectivity index (χ4n) is 2.99. The Labute approximate surface area is 141 Å². The molecule has 0 fully saturated rings. The van der Waals surface area contributed by atoms with E-state index in [2.05, 4.69) is 0 Å². The second kappa shape index (κ2) is 6.35. The minimum atomic E-state index is -0.546. The average Bonchev–Trinajstić information content (AvgIpc) is 2.90. The standard InChI is InChI=1S/C19H20N2O3/c1-12-7-8-15(10-16(12)20)19(23)24-11-18(22)21-13(2)9-14-5-3-4-6-17(14)21/h3-8,10,13H,9,11,20H2,1-2H3. The third kappa shape index (κ3) is 2.97. The molecule has 0 bridgehead atoms. The van der Waals surface area contributed by atoms with Crippen LogP contribution in [0.2, 0.25) is 0 Å². The highest BCUT2D eigenvalue weighted by Gasteiger charge is 2.31. The van der Waals surface area contributed by atoms with E-state index in [1.165, 1.54) is 0 Å². The smallest absolute Gasteiger partial charge is 0.338 e. The third-order valence-corrected chi connectivity index (χ3v) is 4.32. The summed E-state index contributed by atoms with van der Waals surface area (Å²) in [6, 6.07) is 12.8. The van der Waals surface area contributed by atoms with Gasteiger partial charge in [0.2, 0.25) is 0 Å². The molecule has 24 heavy (non-hydrogen) atoms. The average molecular weight is 324 g/mol. The lowest BCUT2D eigenvalue weighted by Crippen LogP contribution is -2.38. The monoisotopic (exact) mass is 324 g/mol. The molecule has 5 heteroatoms. The first-order valence-corrected chi connectivity index (χ1v) is 7.90. The van der Waals surface area contributed by atoms with Crippen LogP contribution >= 0.6 is 0 Å². The molecule has 1 aliphatic heterocycles. The lowest BCUT2D eigenvalue weighted by molar-refractivity contribution is -0.122. The van der Waals surface area contributed by atoms with Gasteiger partial charge in [-0.3, -0.25) is 4.79 Å². The summed E-state index contributed by atoms with van der Waals surface area (Å²) in [6.07, 6.45) is 0.810. The van der Waals surface area contributed by atoms with Gasteiger partial charge in [0, 0.05) is 17.4 Å². The van der Waals surface area contributed by atoms with E-state index in [-0.39, 0.29) is 18.6 Å². The van der Waals surface area contributed by atoms with Crippen molar-refractivity contribution in [2.24, 2.45) is 0 Å². The number of rotatable bonds is 3. The Bertz CT molecular complexity index is 801. The predicted octanol–water partition coefficient (Wildman–Crippen LogP) is 2.71. The largest absolute Gasteiger partial charge is 0.452 e. The molecule has 0 radical (unpaired) electrons. The van der Waals surface area contributed by atoms with E-state index in [0.717, 1.165) is 23.2 Å². The number of aryl methyl sites for hydroxylation is 1. The minimum absolute atomic E-state index is 0.0589. The van der Waals surface area contributed by atoms with Crippen LogP contribution in [0.1, 0.15) is 28.4 Å². The summed E-state index contributed by atoms with van der Waals surface area (Å²) in [6.45, 7) is 3.56. The van der Waals surface area contributed by atoms with E-state index in [4.69, 9.17) is 10.5 Å². The topological polar surface area (TPSA) is 72.6 Å². The summed E-state index contributed by atoms with van der Waals surface area (Å²) in [5.74, 6) is -0.768. The molecule has 2 aromatic rings. The van der Waals surface area contributed by atoms with Crippen LogP contribution in [-0.4, -0.2) is 24.5 Å². The summed E-state index contributed by atoms with van der Waals surface area (Å²) in [5.41, 5.74) is 9.60. The third-order valence-electron chi connectivity index (χ3n) is 4.32. The zero-order valence-corrected chi connectivity index (χ0v) is 13.8. The Kier molecular flexibility index (Phi) is 4.25. The van der Waals surface area contributed by atoms with Gasteiger partial charge < -0.3 is 15.4 Å². The van der Waals surface area contributed by atoms with Crippen LogP contribution < -0.4 is 10.6 Å². The Morgan fingerprint density at radius 3 is 2.75 bits per heavy atom. The number of nitrogens with zero attached hydrogens (tertiary/aromatic N) is 1. The molecule has 0 aromatic heterocycles. The Hall–Kier alpha value is -2.82. The maximum atomic E-state index is 12.5. The Balaban J connectivity index is 1.67. The van der Waals surface area contributed by atoms with Crippen LogP contribution in [0.25, 0.3) is 0 Å². The molecule has 1 heterocycles. The highest BCUT2D eigenvalue weighted by molar-refractivity contribution is 5.99. The molecular formula is C19H20N2O3. The Morgan fingerprint density at radius 2 is 2.00 bits per heavy atom. The number of nitrogens with two attached hydrogens (primary N) is 1. The first-order chi connectivity index (χ1) is 11.5. The van der Waals surface area contributed by atoms with Gasteiger partial charge in [-0.15, -0.1) is 0 Å². The van der Waals surface area contributed by atoms with Crippen molar-refractivity contribution < 1.29 is 14.3 Å². The number of esters is 1. The number of hydrogen-bond acceptors (Lipinski definition) is 4. The van der Waals surface area contributed by atoms with E-state index in [1.807, 2.05) is 38.1 Å². The summed E-state index contributed by atoms with van der Waals surface area (Å²) in [4.78, 5) is 26.3. The van der Waals surface area contributed by atoms with Crippen LogP contribution in [0, 0.1) is 6.92 Å². The van der Waals surface area contributed by atoms with Gasteiger partial charge >= 0.3 is 5.97 Å². The van der Waals surface area contributed by atoms with Gasteiger partial charge in [-0.25, -0.2) is 4.79 Å². The summed E-state index contributed by atoms with van der Waals surface area (Å²) in [7, 11) is 0. The van der Waals surface area contributed by atoms with E-state index >= 15 is 0 Å². The first kappa shape index (κ1) is 16.1. The zero-order valence-electron chi connectivity index (χ0n) is 13.8. The minimum Gasteiger partial charge on any atom is -0.452 e. The number of carbonyl (C=O) groups is 2. The van der Waals surface area contributed by atoms with E-state index in [1.54, 1.807) is 23.1 Å². The summed E-state index contributed by atoms with van der Waals surface area (Å²) >= 11 is 0. The molecular weight excluding hydrogens is 304 g/mol. The molecule has 3 rings (SSSR count). The van der Waals surface area contributed by atoms with Crippen LogP contribution in [-0.2, 0) is 16.0 Å². The maximum absolute atomic E-state index is 12.5. The molecule has 0 saturated heterocycles. The Morgan fingerprint density at radius 1 is 1.25 bits per heavy atom. The van der Waals surface area contributed by atoms with Crippen molar-refractivity contribution in [2.75, 3.05) is 17.2 Å². The SMILES string of the molecule is Cc1ccc(C(=O)OCC(=O)N2c3ccccc3CC2C)cc1N. The van der Waals surface area contributed by atoms with Gasteiger partial charge in [-0.2, -0.15) is 0 Å². The molecule has 124 valence electrons. The van der Waals surface area contributed by atoms with E-state index < -0.39 is 5.97 Å². The van der Waals surface area contributed by atoms with Crippen LogP contribution in [0.3, 0.4) is 0 Å². The second-order valence-electron chi connectivity index (χ2n) is 6.09. The van der Waals surface area contributed by atoms with Gasteiger partial charge in [-0.05, 0) is 49.6 Å². The van der Waals surface area contributed by atoms with Crippen molar-refractivity contribution in [3.63, 3.8) is 0 Å². The van der Waals surface area contributed by atoms with Gasteiger partial charge in [-0.1, -0.05) is 24.3 Å². The number of amides is 1. The van der Waals surface area contributed by atoms with Gasteiger partial charge in [0.15, 0.2) is 6.61 Å². The molecule has 2 aromatic carbocycles. The van der Waals surface area contributed by atoms with E-state index in [9.17, 15) is 9.59 Å². The van der Waals surface area contributed by atoms with E-state index in [0.29, 0.717) is 11.3 Å². The van der Waals surface area contributed by atoms with Crippen molar-refractivity contribution in [1.29, 1.82) is 0 Å². The van der Waals surface area contributed by atoms with Crippen LogP contribution in [0.4, 0.5) is 11.4 Å². The lowest BCUT2D eigenvalue weighted by atomic mass is 10.1. The molecule has 1 amide bonds. The molecule has 0 aliphatic carbocycles. The van der Waals surface area contributed by atoms with Crippen LogP contribution in [0.15, 0.2) is 42.5 Å². The number of ether oxygens (including phenoxy) is 1. The van der Waals surface area contributed by atoms with Crippen LogP contribution in [0.5, 0.6) is 0 Å². The van der Waals surface area contributed by atoms with Gasteiger partial charge in [0.05, 0.1) is 5.56 Å². The number of fused-ring (bicyclic) bond motifs is 1. The van der Waals surface area contributed by atoms with Crippen molar-refractivity contribution in [2.45, 2.75) is 26.3 Å². The molecule has 1 atom stereocenters. The number of carbonyl (C=O) groups excluding carboxylic acids is 2. The lowest BCUT2D eigenvalue weighted by Gasteiger charge is -2.22. The van der Waals surface area contributed by atoms with Crippen molar-refractivity contribution in [1.82, 2.24) is 0 Å². The molecule has 5 nitrogen and oxygen atoms in total. The summed E-state index contributed by atoms with van der Waals surface area (Å²) in [5, 5.41) is 0. The molecule has 0 spiro atoms. The highest BCUT2D eigenvalue weighted by atomic mass is 16.5. The highest BCUT2D eigenvalue weighted by Crippen LogP contribution is 2.31. The number of anilines is 2. The number of hydrogen-bond donors (Lipinski definition) is 1. The molecule has 1 unspecified atom stereocenters. The quantitative estimate of drug-likeness (QED) is 0.696. The van der Waals surface area contributed by atoms with Crippen molar-refractivity contribution >= 4 is 23.3 Å². The van der Waals surface area contributed by atoms with Gasteiger partial charge in [0.1, 0.15) is 0 Å². The van der Waals surface area contributed by atoms with Gasteiger partial charge in [0.25, 0.3) is 5.91 Å². The normalized spacial score (nSPS) is 15.9. The maximum Gasteiger partial charge on any atom is 0.338 e. The fourth-order valence-corrected chi connectivity index (χ4v) is 2.99.